The number of halogens is 5. The van der Waals surface area contributed by atoms with Crippen LogP contribution in [0, 0.1) is 83.1 Å². The minimum atomic E-state index is -4.47. The average molecular weight is 2060 g/mol. The van der Waals surface area contributed by atoms with Gasteiger partial charge >= 0.3 is 6.18 Å². The van der Waals surface area contributed by atoms with Crippen molar-refractivity contribution in [2.45, 2.75) is 254 Å². The number of hydrogen-bond acceptors (Lipinski definition) is 14. The van der Waals surface area contributed by atoms with E-state index in [1.165, 1.54) is 69.5 Å². The molecule has 25 heteroatoms. The third kappa shape index (κ3) is 37.0. The molecule has 0 atom stereocenters. The zero-order chi connectivity index (χ0) is 105. The van der Waals surface area contributed by atoms with Crippen molar-refractivity contribution in [1.82, 2.24) is 0 Å². The zero-order valence-corrected chi connectivity index (χ0v) is 91.3. The summed E-state index contributed by atoms with van der Waals surface area (Å²) < 4.78 is 114. The van der Waals surface area contributed by atoms with Crippen molar-refractivity contribution in [1.29, 1.82) is 0 Å². The number of hydrogen-bond donors (Lipinski definition) is 6. The highest BCUT2D eigenvalue weighted by molar-refractivity contribution is 7.81. The standard InChI is InChI=1S/C21H25NOS.C20H25NO2S.C20H25NOS.C19H20F3NOS.C19H21F2NOS.C19H23NO2S/c1-4-20(24)22-21-17(6-5-7-18(21)16-9-10-16)13-23-19-11-8-14(2)12-15(19)3;1-5-19(24)21-20-16(8-7-9-18(20)22-6-2)13-23-17-11-10-14(3)12-15(17)4;1-5-16-8-7-9-17(20(16)21-19(23)6-2)13-22-18-11-10-14(3)12-15(18)4;1-4-17(25)23-18-14(6-5-7-15(18)19(20,21)22)11-24-16-9-8-12(2)10-13(16)3;1-4-17(24)22-18-14(6-5-7-15(18)19(20)21)11-23-16-9-8-12(2)10-13(16)3;1-5-18(23)20-19-15(7-6-8-17(19)21-4)12-22-16-10-9-13(2)11-14(16)3/h5-8,11-12,16H,4,9-10,13H2,1-3H3,(H,22,24);7-12H,5-6,13H2,1-4H3,(H,21,24);7-12H,5-6,13H2,1-4H3,(H,21,23);5-10H,4,11H2,1-3H3,(H,23,25);5-10,19H,4,11H2,1-3H3,(H,22,24);6-11H,5,12H2,1-4H3,(H,20,23). The van der Waals surface area contributed by atoms with E-state index in [4.69, 9.17) is 111 Å². The lowest BCUT2D eigenvalue weighted by Crippen LogP contribution is -2.17. The van der Waals surface area contributed by atoms with Crippen LogP contribution in [0.15, 0.2) is 218 Å². The molecule has 0 aliphatic heterocycles. The summed E-state index contributed by atoms with van der Waals surface area (Å²) in [5.74, 6) is 7.29. The predicted molar refractivity (Wildman–Crippen MR) is 608 cm³/mol. The van der Waals surface area contributed by atoms with Crippen LogP contribution >= 0.6 is 73.3 Å². The van der Waals surface area contributed by atoms with Gasteiger partial charge in [-0.3, -0.25) is 0 Å². The van der Waals surface area contributed by atoms with Crippen LogP contribution in [0.5, 0.6) is 46.0 Å². The molecule has 1 fully saturated rings. The molecule has 760 valence electrons. The number of alkyl halides is 5. The lowest BCUT2D eigenvalue weighted by molar-refractivity contribution is -0.137. The van der Waals surface area contributed by atoms with Crippen LogP contribution in [-0.2, 0) is 52.2 Å². The molecule has 12 aromatic rings. The summed E-state index contributed by atoms with van der Waals surface area (Å²) in [4.78, 5) is 4.19. The molecule has 0 bridgehead atoms. The van der Waals surface area contributed by atoms with Crippen LogP contribution in [0.2, 0.25) is 0 Å². The highest BCUT2D eigenvalue weighted by atomic mass is 32.1. The van der Waals surface area contributed by atoms with E-state index in [-0.39, 0.29) is 24.5 Å². The lowest BCUT2D eigenvalue weighted by Gasteiger charge is -2.19. The van der Waals surface area contributed by atoms with Gasteiger partial charge in [-0.1, -0.05) is 319 Å². The Kier molecular flexibility index (Phi) is 47.7. The van der Waals surface area contributed by atoms with Crippen molar-refractivity contribution in [2.24, 2.45) is 0 Å². The van der Waals surface area contributed by atoms with Crippen LogP contribution in [0.1, 0.15) is 241 Å². The van der Waals surface area contributed by atoms with Crippen LogP contribution in [-0.4, -0.2) is 43.6 Å². The molecule has 0 aromatic heterocycles. The molecule has 0 amide bonds. The molecule has 0 spiro atoms. The number of anilines is 6. The second kappa shape index (κ2) is 58.7. The molecule has 12 aromatic carbocycles. The van der Waals surface area contributed by atoms with Crippen LogP contribution in [0.4, 0.5) is 56.1 Å². The molecule has 0 saturated heterocycles. The van der Waals surface area contributed by atoms with Crippen LogP contribution in [0.3, 0.4) is 0 Å². The first-order valence-corrected chi connectivity index (χ1v) is 51.0. The summed E-state index contributed by atoms with van der Waals surface area (Å²) in [6, 6.07) is 70.0. The van der Waals surface area contributed by atoms with E-state index in [1.807, 2.05) is 146 Å². The second-order valence-corrected chi connectivity index (χ2v) is 37.9. The number of methoxy groups -OCH3 is 1. The number of rotatable bonds is 36. The van der Waals surface area contributed by atoms with Crippen LogP contribution < -0.4 is 69.8 Å². The molecule has 0 radical (unpaired) electrons. The highest BCUT2D eigenvalue weighted by Crippen LogP contribution is 2.46. The summed E-state index contributed by atoms with van der Waals surface area (Å²) in [6.45, 7) is 43.3. The quantitative estimate of drug-likeness (QED) is 0.0163. The molecule has 1 saturated carbocycles. The van der Waals surface area contributed by atoms with Gasteiger partial charge in [0.1, 0.15) is 85.6 Å². The number of thiocarbonyl (C=S) groups is 6. The first-order chi connectivity index (χ1) is 68.4. The molecule has 143 heavy (non-hydrogen) atoms. The number of nitrogens with one attached hydrogen (secondary N) is 6. The fourth-order valence-electron chi connectivity index (χ4n) is 15.2. The van der Waals surface area contributed by atoms with E-state index in [1.54, 1.807) is 32.2 Å². The summed E-state index contributed by atoms with van der Waals surface area (Å²) in [5, 5.41) is 19.1. The molecule has 14 nitrogen and oxygen atoms in total. The van der Waals surface area contributed by atoms with Crippen molar-refractivity contribution >= 4 is 137 Å². The summed E-state index contributed by atoms with van der Waals surface area (Å²) >= 11 is 31.7. The fourth-order valence-corrected chi connectivity index (χ4v) is 15.8. The Morgan fingerprint density at radius 1 is 0.294 bits per heavy atom. The van der Waals surface area contributed by atoms with E-state index in [0.29, 0.717) is 84.3 Å². The normalized spacial score (nSPS) is 11.1. The third-order valence-corrected chi connectivity index (χ3v) is 25.6. The van der Waals surface area contributed by atoms with Gasteiger partial charge in [-0.15, -0.1) is 0 Å². The number of benzene rings is 12. The fraction of sp³-hybridized carbons (Fsp3) is 0.339. The Labute approximate surface area is 877 Å². The summed E-state index contributed by atoms with van der Waals surface area (Å²) in [5.41, 5.74) is 25.4. The van der Waals surface area contributed by atoms with Gasteiger partial charge in [-0.25, -0.2) is 8.78 Å². The molecule has 1 aliphatic carbocycles. The number of para-hydroxylation sites is 6. The summed E-state index contributed by atoms with van der Waals surface area (Å²) in [7, 11) is 1.66. The van der Waals surface area contributed by atoms with Crippen molar-refractivity contribution in [3.63, 3.8) is 0 Å². The first kappa shape index (κ1) is 116. The Morgan fingerprint density at radius 3 is 0.860 bits per heavy atom. The largest absolute Gasteiger partial charge is 0.495 e. The Bertz CT molecular complexity index is 6060. The molecule has 6 N–H and O–H groups in total. The second-order valence-electron chi connectivity index (χ2n) is 35.0. The minimum absolute atomic E-state index is 0.0164. The monoisotopic (exact) mass is 2050 g/mol. The SMILES string of the molecule is CCC(=S)Nc1c(CC)cccc1COc1ccc(C)cc1C.CCC(=S)Nc1c(COc2ccc(C)cc2C)cccc1C(F)(F)F.CCC(=S)Nc1c(COc2ccc(C)cc2C)cccc1C(F)F.CCC(=S)Nc1c(COc2ccc(C)cc2C)cccc1C1CC1.CCC(=S)Nc1c(COc2ccc(C)cc2C)cccc1OC.CCOc1cccc(COc2ccc(C)cc2C)c1NC(=S)CC. The van der Waals surface area contributed by atoms with Crippen molar-refractivity contribution in [3.8, 4) is 46.0 Å². The molecular formula is C118H139F5N6O8S6. The van der Waals surface area contributed by atoms with Crippen molar-refractivity contribution in [2.75, 3.05) is 45.6 Å². The van der Waals surface area contributed by atoms with Gasteiger partial charge in [0.15, 0.2) is 0 Å². The van der Waals surface area contributed by atoms with Gasteiger partial charge in [0, 0.05) is 50.3 Å². The maximum Gasteiger partial charge on any atom is 0.418 e. The molecule has 13 rings (SSSR count). The van der Waals surface area contributed by atoms with Gasteiger partial charge in [-0.05, 0) is 253 Å². The molecular weight excluding hydrogens is 1920 g/mol. The predicted octanol–water partition coefficient (Wildman–Crippen LogP) is 34.0. The smallest absolute Gasteiger partial charge is 0.418 e. The Balaban J connectivity index is 0.000000210. The lowest BCUT2D eigenvalue weighted by atomic mass is 10.0. The van der Waals surface area contributed by atoms with Crippen molar-refractivity contribution in [3.05, 3.63) is 341 Å². The molecule has 0 unspecified atom stereocenters. The van der Waals surface area contributed by atoms with E-state index in [2.05, 4.69) is 199 Å². The first-order valence-electron chi connectivity index (χ1n) is 48.6. The number of aryl methyl sites for hydroxylation is 13. The topological polar surface area (TPSA) is 146 Å². The third-order valence-electron chi connectivity index (χ3n) is 23.2. The highest BCUT2D eigenvalue weighted by Gasteiger charge is 2.35. The van der Waals surface area contributed by atoms with E-state index in [9.17, 15) is 22.0 Å². The summed E-state index contributed by atoms with van der Waals surface area (Å²) in [6.07, 6.45) is 0.766. The Hall–Kier alpha value is -12.0. The maximum atomic E-state index is 13.3. The maximum absolute atomic E-state index is 13.3. The van der Waals surface area contributed by atoms with Gasteiger partial charge < -0.3 is 69.8 Å². The van der Waals surface area contributed by atoms with E-state index >= 15 is 0 Å². The van der Waals surface area contributed by atoms with E-state index < -0.39 is 18.2 Å². The molecule has 0 heterocycles. The Morgan fingerprint density at radius 2 is 0.552 bits per heavy atom. The zero-order valence-electron chi connectivity index (χ0n) is 86.4. The van der Waals surface area contributed by atoms with Crippen LogP contribution in [0.25, 0.3) is 0 Å². The van der Waals surface area contributed by atoms with Gasteiger partial charge in [0.2, 0.25) is 0 Å². The average Bonchev–Trinajstić information content (AvgIpc) is 1.79. The van der Waals surface area contributed by atoms with Crippen molar-refractivity contribution < 1.29 is 59.8 Å². The van der Waals surface area contributed by atoms with Gasteiger partial charge in [-0.2, -0.15) is 13.2 Å². The number of ether oxygens (including phenoxy) is 8. The minimum Gasteiger partial charge on any atom is -0.495 e. The van der Waals surface area contributed by atoms with Gasteiger partial charge in [0.25, 0.3) is 6.43 Å². The van der Waals surface area contributed by atoms with E-state index in [0.717, 1.165) is 177 Å². The molecule has 1 aliphatic rings. The van der Waals surface area contributed by atoms with Gasteiger partial charge in [0.05, 0.1) is 72.0 Å².